The van der Waals surface area contributed by atoms with Gasteiger partial charge in [-0.15, -0.1) is 23.7 Å². The fraction of sp³-hybridized carbons (Fsp3) is 0.583. The van der Waals surface area contributed by atoms with Crippen LogP contribution in [-0.2, 0) is 6.54 Å². The third-order valence-electron chi connectivity index (χ3n) is 3.10. The normalized spacial score (nSPS) is 17.2. The first-order valence-corrected chi connectivity index (χ1v) is 7.50. The Bertz CT molecular complexity index is 496. The van der Waals surface area contributed by atoms with Gasteiger partial charge < -0.3 is 21.3 Å². The van der Waals surface area contributed by atoms with Crippen LogP contribution in [0.3, 0.4) is 0 Å². The van der Waals surface area contributed by atoms with Gasteiger partial charge in [-0.25, -0.2) is 9.78 Å². The summed E-state index contributed by atoms with van der Waals surface area (Å²) in [6.45, 7) is 4.01. The predicted molar refractivity (Wildman–Crippen MR) is 83.8 cm³/mol. The molecule has 1 atom stereocenters. The molecule has 0 bridgehead atoms. The number of nitrogens with two attached hydrogens (primary N) is 1. The maximum absolute atomic E-state index is 12.0. The number of hydrogen-bond acceptors (Lipinski definition) is 5. The quantitative estimate of drug-likeness (QED) is 0.749. The van der Waals surface area contributed by atoms with Crippen molar-refractivity contribution in [2.45, 2.75) is 25.9 Å². The van der Waals surface area contributed by atoms with Crippen molar-refractivity contribution in [3.05, 3.63) is 16.1 Å². The lowest BCUT2D eigenvalue weighted by molar-refractivity contribution is 0.0933. The molecule has 9 heteroatoms. The van der Waals surface area contributed by atoms with Crippen LogP contribution in [0.2, 0.25) is 0 Å². The van der Waals surface area contributed by atoms with Crippen LogP contribution >= 0.6 is 23.7 Å². The molecule has 3 amide bonds. The lowest BCUT2D eigenvalue weighted by atomic mass is 10.2. The van der Waals surface area contributed by atoms with E-state index in [1.807, 2.05) is 6.92 Å². The van der Waals surface area contributed by atoms with Crippen molar-refractivity contribution in [1.29, 1.82) is 0 Å². The minimum atomic E-state index is -0.205. The second-order valence-electron chi connectivity index (χ2n) is 4.57. The largest absolute Gasteiger partial charge is 0.346 e. The molecule has 1 aromatic heterocycles. The zero-order valence-electron chi connectivity index (χ0n) is 11.8. The van der Waals surface area contributed by atoms with E-state index in [1.54, 1.807) is 10.3 Å². The van der Waals surface area contributed by atoms with Gasteiger partial charge in [0.25, 0.3) is 5.91 Å². The van der Waals surface area contributed by atoms with Crippen LogP contribution in [0.15, 0.2) is 5.38 Å². The number of halogens is 1. The summed E-state index contributed by atoms with van der Waals surface area (Å²) in [5.74, 6) is -0.205. The zero-order chi connectivity index (χ0) is 14.5. The molecular formula is C12H20ClN5O2S. The van der Waals surface area contributed by atoms with E-state index in [4.69, 9.17) is 5.73 Å². The molecule has 0 saturated carbocycles. The number of aromatic nitrogens is 1. The number of carbonyl (C=O) groups excluding carboxylic acids is 2. The number of likely N-dealkylation sites (tertiary alicyclic amines) is 1. The standard InChI is InChI=1S/C12H19N5O2S.ClH/c1-2-14-12(19)17-4-3-8(6-17)15-11(18)9-7-20-10(5-13)16-9;/h7-8H,2-6,13H2,1H3,(H,14,19)(H,15,18);1H. The minimum absolute atomic E-state index is 0. The van der Waals surface area contributed by atoms with E-state index in [9.17, 15) is 9.59 Å². The fourth-order valence-electron chi connectivity index (χ4n) is 2.09. The molecule has 7 nitrogen and oxygen atoms in total. The van der Waals surface area contributed by atoms with Crippen molar-refractivity contribution >= 4 is 35.7 Å². The molecule has 1 aliphatic rings. The van der Waals surface area contributed by atoms with Crippen molar-refractivity contribution in [3.63, 3.8) is 0 Å². The molecule has 0 aromatic carbocycles. The molecule has 1 aliphatic heterocycles. The second kappa shape index (κ2) is 8.16. The highest BCUT2D eigenvalue weighted by molar-refractivity contribution is 7.09. The van der Waals surface area contributed by atoms with Crippen LogP contribution in [0.4, 0.5) is 4.79 Å². The Morgan fingerprint density at radius 3 is 2.95 bits per heavy atom. The molecule has 1 unspecified atom stereocenters. The number of nitrogens with one attached hydrogen (secondary N) is 2. The van der Waals surface area contributed by atoms with Crippen LogP contribution in [0, 0.1) is 0 Å². The highest BCUT2D eigenvalue weighted by Gasteiger charge is 2.27. The van der Waals surface area contributed by atoms with Gasteiger partial charge in [0.2, 0.25) is 0 Å². The average Bonchev–Trinajstić information content (AvgIpc) is 3.07. The molecule has 2 rings (SSSR count). The summed E-state index contributed by atoms with van der Waals surface area (Å²) < 4.78 is 0. The first-order chi connectivity index (χ1) is 9.63. The lowest BCUT2D eigenvalue weighted by Gasteiger charge is -2.17. The van der Waals surface area contributed by atoms with Crippen molar-refractivity contribution in [1.82, 2.24) is 20.5 Å². The Balaban J connectivity index is 0.00000220. The molecule has 0 aliphatic carbocycles. The third-order valence-corrected chi connectivity index (χ3v) is 3.97. The Morgan fingerprint density at radius 2 is 2.33 bits per heavy atom. The fourth-order valence-corrected chi connectivity index (χ4v) is 2.75. The predicted octanol–water partition coefficient (Wildman–Crippen LogP) is 0.557. The van der Waals surface area contributed by atoms with Gasteiger partial charge in [0.05, 0.1) is 0 Å². The molecule has 1 saturated heterocycles. The molecule has 118 valence electrons. The summed E-state index contributed by atoms with van der Waals surface area (Å²) in [7, 11) is 0. The lowest BCUT2D eigenvalue weighted by Crippen LogP contribution is -2.42. The van der Waals surface area contributed by atoms with Crippen LogP contribution in [0.25, 0.3) is 0 Å². The maximum Gasteiger partial charge on any atom is 0.317 e. The molecule has 0 radical (unpaired) electrons. The number of amides is 3. The van der Waals surface area contributed by atoms with E-state index >= 15 is 0 Å². The molecule has 2 heterocycles. The number of nitrogens with zero attached hydrogens (tertiary/aromatic N) is 2. The molecule has 21 heavy (non-hydrogen) atoms. The summed E-state index contributed by atoms with van der Waals surface area (Å²) in [5.41, 5.74) is 5.87. The van der Waals surface area contributed by atoms with Gasteiger partial charge in [-0.2, -0.15) is 0 Å². The molecule has 1 aromatic rings. The number of thiazole rings is 1. The average molecular weight is 334 g/mol. The first-order valence-electron chi connectivity index (χ1n) is 6.62. The van der Waals surface area contributed by atoms with E-state index in [1.165, 1.54) is 11.3 Å². The van der Waals surface area contributed by atoms with E-state index < -0.39 is 0 Å². The second-order valence-corrected chi connectivity index (χ2v) is 5.51. The van der Waals surface area contributed by atoms with E-state index in [-0.39, 0.29) is 30.4 Å². The number of hydrogen-bond donors (Lipinski definition) is 3. The monoisotopic (exact) mass is 333 g/mol. The number of carbonyl (C=O) groups is 2. The van der Waals surface area contributed by atoms with Crippen molar-refractivity contribution < 1.29 is 9.59 Å². The van der Waals surface area contributed by atoms with Crippen LogP contribution in [0.5, 0.6) is 0 Å². The third kappa shape index (κ3) is 4.55. The Morgan fingerprint density at radius 1 is 1.57 bits per heavy atom. The maximum atomic E-state index is 12.0. The highest BCUT2D eigenvalue weighted by Crippen LogP contribution is 2.12. The number of urea groups is 1. The van der Waals surface area contributed by atoms with Gasteiger partial charge in [-0.05, 0) is 13.3 Å². The van der Waals surface area contributed by atoms with Gasteiger partial charge in [-0.1, -0.05) is 0 Å². The summed E-state index contributed by atoms with van der Waals surface area (Å²) in [5, 5.41) is 8.10. The van der Waals surface area contributed by atoms with Gasteiger partial charge >= 0.3 is 6.03 Å². The minimum Gasteiger partial charge on any atom is -0.346 e. The molecule has 4 N–H and O–H groups in total. The van der Waals surface area contributed by atoms with Crippen molar-refractivity contribution in [3.8, 4) is 0 Å². The van der Waals surface area contributed by atoms with Crippen LogP contribution < -0.4 is 16.4 Å². The van der Waals surface area contributed by atoms with Crippen LogP contribution in [-0.4, -0.2) is 47.5 Å². The first kappa shape index (κ1) is 17.7. The van der Waals surface area contributed by atoms with Crippen LogP contribution in [0.1, 0.15) is 28.8 Å². The number of rotatable bonds is 4. The van der Waals surface area contributed by atoms with E-state index in [2.05, 4.69) is 15.6 Å². The van der Waals surface area contributed by atoms with E-state index in [0.717, 1.165) is 11.4 Å². The highest BCUT2D eigenvalue weighted by atomic mass is 35.5. The smallest absolute Gasteiger partial charge is 0.317 e. The van der Waals surface area contributed by atoms with Gasteiger partial charge in [0.1, 0.15) is 10.7 Å². The van der Waals surface area contributed by atoms with Crippen molar-refractivity contribution in [2.75, 3.05) is 19.6 Å². The molecule has 1 fully saturated rings. The molecule has 0 spiro atoms. The van der Waals surface area contributed by atoms with Gasteiger partial charge in [0.15, 0.2) is 0 Å². The topological polar surface area (TPSA) is 100 Å². The summed E-state index contributed by atoms with van der Waals surface area (Å²) >= 11 is 1.38. The van der Waals surface area contributed by atoms with Gasteiger partial charge in [0, 0.05) is 37.6 Å². The summed E-state index contributed by atoms with van der Waals surface area (Å²) in [4.78, 5) is 29.5. The Labute approximate surface area is 133 Å². The van der Waals surface area contributed by atoms with E-state index in [0.29, 0.717) is 31.9 Å². The molecular weight excluding hydrogens is 314 g/mol. The summed E-state index contributed by atoms with van der Waals surface area (Å²) in [6.07, 6.45) is 0.761. The SMILES string of the molecule is CCNC(=O)N1CCC(NC(=O)c2csc(CN)n2)C1.Cl. The Kier molecular flexibility index (Phi) is 6.86. The zero-order valence-corrected chi connectivity index (χ0v) is 13.4. The Hall–Kier alpha value is -1.38. The van der Waals surface area contributed by atoms with Crippen molar-refractivity contribution in [2.24, 2.45) is 5.73 Å². The summed E-state index contributed by atoms with van der Waals surface area (Å²) in [6, 6.07) is -0.101. The van der Waals surface area contributed by atoms with Gasteiger partial charge in [-0.3, -0.25) is 4.79 Å².